The topological polar surface area (TPSA) is 56.1 Å². The molecule has 0 atom stereocenters. The molecular weight excluding hydrogens is 326 g/mol. The van der Waals surface area contributed by atoms with E-state index in [-0.39, 0.29) is 17.9 Å². The smallest absolute Gasteiger partial charge is 0.225 e. The van der Waals surface area contributed by atoms with Gasteiger partial charge in [0.1, 0.15) is 5.84 Å². The molecule has 0 spiro atoms. The molecule has 0 aromatic heterocycles. The first-order valence-electron chi connectivity index (χ1n) is 9.74. The Labute approximate surface area is 155 Å². The van der Waals surface area contributed by atoms with E-state index in [1.807, 2.05) is 4.90 Å². The van der Waals surface area contributed by atoms with Crippen LogP contribution < -0.4 is 0 Å². The van der Waals surface area contributed by atoms with E-state index in [0.29, 0.717) is 32.5 Å². The molecule has 3 aliphatic heterocycles. The van der Waals surface area contributed by atoms with Gasteiger partial charge in [-0.15, -0.1) is 0 Å². The largest absolute Gasteiger partial charge is 0.393 e. The Morgan fingerprint density at radius 1 is 1.04 bits per heavy atom. The maximum Gasteiger partial charge on any atom is 0.225 e. The molecule has 4 rings (SSSR count). The van der Waals surface area contributed by atoms with E-state index in [2.05, 4.69) is 41.3 Å². The zero-order valence-electron chi connectivity index (χ0n) is 15.2. The molecule has 3 heterocycles. The standard InChI is InChI=1S/C21H27N3O2/c25-18-9-14-24(15-10-18)21(26)17-7-12-23(13-8-17)20-19-6-2-1-4-16(19)5-3-11-22-20/h1-6,17-18,25H,7-15H2. The third-order valence-corrected chi connectivity index (χ3v) is 5.77. The van der Waals surface area contributed by atoms with Crippen molar-refractivity contribution in [1.82, 2.24) is 9.80 Å². The van der Waals surface area contributed by atoms with Crippen molar-refractivity contribution in [2.24, 2.45) is 10.9 Å². The highest BCUT2D eigenvalue weighted by Gasteiger charge is 2.31. The van der Waals surface area contributed by atoms with Gasteiger partial charge in [-0.3, -0.25) is 9.79 Å². The fraction of sp³-hybridized carbons (Fsp3) is 0.524. The van der Waals surface area contributed by atoms with Gasteiger partial charge in [0.2, 0.25) is 5.91 Å². The molecule has 26 heavy (non-hydrogen) atoms. The lowest BCUT2D eigenvalue weighted by Crippen LogP contribution is -2.47. The third kappa shape index (κ3) is 3.54. The fourth-order valence-corrected chi connectivity index (χ4v) is 4.20. The Morgan fingerprint density at radius 3 is 2.54 bits per heavy atom. The lowest BCUT2D eigenvalue weighted by Gasteiger charge is -2.37. The molecule has 0 aliphatic carbocycles. The first kappa shape index (κ1) is 17.3. The molecule has 0 bridgehead atoms. The van der Waals surface area contributed by atoms with Crippen molar-refractivity contribution in [3.8, 4) is 0 Å². The SMILES string of the molecule is O=C(C1CCN(C2=NCC=Cc3ccccc32)CC1)N1CCC(O)CC1. The zero-order chi connectivity index (χ0) is 17.9. The molecule has 1 amide bonds. The fourth-order valence-electron chi connectivity index (χ4n) is 4.20. The first-order chi connectivity index (χ1) is 12.7. The Morgan fingerprint density at radius 2 is 1.77 bits per heavy atom. The molecule has 0 unspecified atom stereocenters. The Kier molecular flexibility index (Phi) is 5.07. The second kappa shape index (κ2) is 7.62. The average molecular weight is 353 g/mol. The number of hydrogen-bond acceptors (Lipinski definition) is 4. The number of aliphatic hydroxyl groups is 1. The number of carbonyl (C=O) groups is 1. The van der Waals surface area contributed by atoms with Crippen molar-refractivity contribution >= 4 is 17.8 Å². The van der Waals surface area contributed by atoms with Crippen LogP contribution in [0.15, 0.2) is 35.3 Å². The molecule has 1 aromatic rings. The normalized spacial score (nSPS) is 22.0. The number of nitrogens with zero attached hydrogens (tertiary/aromatic N) is 3. The Hall–Kier alpha value is -2.14. The molecule has 2 fully saturated rings. The number of fused-ring (bicyclic) bond motifs is 1. The number of amidine groups is 1. The molecule has 0 radical (unpaired) electrons. The van der Waals surface area contributed by atoms with Crippen LogP contribution in [0.5, 0.6) is 0 Å². The molecule has 1 aromatic carbocycles. The zero-order valence-corrected chi connectivity index (χ0v) is 15.2. The summed E-state index contributed by atoms with van der Waals surface area (Å²) in [5.74, 6) is 1.46. The third-order valence-electron chi connectivity index (χ3n) is 5.77. The minimum absolute atomic E-state index is 0.112. The summed E-state index contributed by atoms with van der Waals surface area (Å²) in [4.78, 5) is 21.9. The molecule has 5 heteroatoms. The maximum atomic E-state index is 12.8. The maximum absolute atomic E-state index is 12.8. The highest BCUT2D eigenvalue weighted by molar-refractivity contribution is 6.02. The van der Waals surface area contributed by atoms with Crippen LogP contribution in [0.1, 0.15) is 36.8 Å². The van der Waals surface area contributed by atoms with Crippen LogP contribution in [0.2, 0.25) is 0 Å². The minimum Gasteiger partial charge on any atom is -0.393 e. The van der Waals surface area contributed by atoms with E-state index in [0.717, 1.165) is 31.8 Å². The summed E-state index contributed by atoms with van der Waals surface area (Å²) in [6.45, 7) is 3.86. The van der Waals surface area contributed by atoms with Gasteiger partial charge >= 0.3 is 0 Å². The summed E-state index contributed by atoms with van der Waals surface area (Å²) in [6.07, 6.45) is 7.21. The average Bonchev–Trinajstić information content (AvgIpc) is 2.91. The number of hydrogen-bond donors (Lipinski definition) is 1. The van der Waals surface area contributed by atoms with Crippen molar-refractivity contribution < 1.29 is 9.90 Å². The monoisotopic (exact) mass is 353 g/mol. The number of rotatable bonds is 1. The van der Waals surface area contributed by atoms with Gasteiger partial charge in [0.05, 0.1) is 12.6 Å². The predicted molar refractivity (Wildman–Crippen MR) is 103 cm³/mol. The van der Waals surface area contributed by atoms with E-state index in [4.69, 9.17) is 4.99 Å². The number of benzene rings is 1. The molecule has 3 aliphatic rings. The highest BCUT2D eigenvalue weighted by atomic mass is 16.3. The molecule has 2 saturated heterocycles. The Bertz CT molecular complexity index is 712. The summed E-state index contributed by atoms with van der Waals surface area (Å²) in [6, 6.07) is 8.40. The molecule has 1 N–H and O–H groups in total. The van der Waals surface area contributed by atoms with Crippen LogP contribution in [0.4, 0.5) is 0 Å². The van der Waals surface area contributed by atoms with E-state index in [1.54, 1.807) is 0 Å². The number of amides is 1. The van der Waals surface area contributed by atoms with Crippen LogP contribution in [0.25, 0.3) is 6.08 Å². The second-order valence-corrected chi connectivity index (χ2v) is 7.47. The van der Waals surface area contributed by atoms with E-state index < -0.39 is 0 Å². The van der Waals surface area contributed by atoms with E-state index >= 15 is 0 Å². The van der Waals surface area contributed by atoms with Gasteiger partial charge in [-0.2, -0.15) is 0 Å². The van der Waals surface area contributed by atoms with Gasteiger partial charge in [0.25, 0.3) is 0 Å². The lowest BCUT2D eigenvalue weighted by molar-refractivity contribution is -0.138. The number of aliphatic imine (C=N–C) groups is 1. The predicted octanol–water partition coefficient (Wildman–Crippen LogP) is 2.16. The quantitative estimate of drug-likeness (QED) is 0.842. The van der Waals surface area contributed by atoms with E-state index in [1.165, 1.54) is 11.1 Å². The summed E-state index contributed by atoms with van der Waals surface area (Å²) in [7, 11) is 0. The summed E-state index contributed by atoms with van der Waals surface area (Å²) >= 11 is 0. The Balaban J connectivity index is 1.40. The van der Waals surface area contributed by atoms with Crippen LogP contribution >= 0.6 is 0 Å². The number of piperidine rings is 2. The lowest BCUT2D eigenvalue weighted by atomic mass is 9.93. The number of aliphatic hydroxyl groups excluding tert-OH is 1. The van der Waals surface area contributed by atoms with Crippen LogP contribution in [-0.2, 0) is 4.79 Å². The van der Waals surface area contributed by atoms with Crippen LogP contribution in [-0.4, -0.2) is 65.5 Å². The summed E-state index contributed by atoms with van der Waals surface area (Å²) in [5, 5.41) is 9.64. The van der Waals surface area contributed by atoms with Gasteiger partial charge in [0.15, 0.2) is 0 Å². The van der Waals surface area contributed by atoms with Gasteiger partial charge in [-0.1, -0.05) is 36.4 Å². The van der Waals surface area contributed by atoms with Crippen molar-refractivity contribution in [1.29, 1.82) is 0 Å². The van der Waals surface area contributed by atoms with Crippen molar-refractivity contribution in [3.63, 3.8) is 0 Å². The van der Waals surface area contributed by atoms with Crippen molar-refractivity contribution in [2.45, 2.75) is 31.8 Å². The van der Waals surface area contributed by atoms with Gasteiger partial charge < -0.3 is 14.9 Å². The highest BCUT2D eigenvalue weighted by Crippen LogP contribution is 2.25. The van der Waals surface area contributed by atoms with Gasteiger partial charge in [0, 0.05) is 37.7 Å². The van der Waals surface area contributed by atoms with Gasteiger partial charge in [-0.05, 0) is 31.2 Å². The van der Waals surface area contributed by atoms with Gasteiger partial charge in [-0.25, -0.2) is 0 Å². The minimum atomic E-state index is -0.233. The van der Waals surface area contributed by atoms with Crippen molar-refractivity contribution in [2.75, 3.05) is 32.7 Å². The molecule has 0 saturated carbocycles. The number of carbonyl (C=O) groups excluding carboxylic acids is 1. The van der Waals surface area contributed by atoms with Crippen LogP contribution in [0, 0.1) is 5.92 Å². The van der Waals surface area contributed by atoms with Crippen molar-refractivity contribution in [3.05, 3.63) is 41.5 Å². The first-order valence-corrected chi connectivity index (χ1v) is 9.74. The van der Waals surface area contributed by atoms with E-state index in [9.17, 15) is 9.90 Å². The van der Waals surface area contributed by atoms with Crippen LogP contribution in [0.3, 0.4) is 0 Å². The molecule has 5 nitrogen and oxygen atoms in total. The molecular formula is C21H27N3O2. The summed E-state index contributed by atoms with van der Waals surface area (Å²) < 4.78 is 0. The summed E-state index contributed by atoms with van der Waals surface area (Å²) in [5.41, 5.74) is 2.41. The number of likely N-dealkylation sites (tertiary alicyclic amines) is 2. The second-order valence-electron chi connectivity index (χ2n) is 7.47. The molecule has 138 valence electrons.